The summed E-state index contributed by atoms with van der Waals surface area (Å²) in [6.07, 6.45) is 3.65. The van der Waals surface area contributed by atoms with Crippen LogP contribution in [0.5, 0.6) is 0 Å². The molecule has 1 heterocycles. The highest BCUT2D eigenvalue weighted by atomic mass is 16.4. The molecule has 0 unspecified atom stereocenters. The fourth-order valence-corrected chi connectivity index (χ4v) is 0.884. The molecule has 0 spiro atoms. The third-order valence-corrected chi connectivity index (χ3v) is 1.54. The Kier molecular flexibility index (Phi) is 2.64. The molecule has 0 radical (unpaired) electrons. The summed E-state index contributed by atoms with van der Waals surface area (Å²) in [4.78, 5) is 21.5. The molecular formula is C9H9NO3. The van der Waals surface area contributed by atoms with E-state index in [1.165, 1.54) is 17.0 Å². The maximum absolute atomic E-state index is 11.3. The number of hydrogen-bond donors (Lipinski definition) is 1. The first-order chi connectivity index (χ1) is 6.11. The minimum absolute atomic E-state index is 0.208. The molecule has 1 aromatic heterocycles. The molecule has 0 aliphatic carbocycles. The molecular weight excluding hydrogens is 170 g/mol. The lowest BCUT2D eigenvalue weighted by atomic mass is 10.3. The van der Waals surface area contributed by atoms with E-state index < -0.39 is 5.97 Å². The van der Waals surface area contributed by atoms with E-state index in [4.69, 9.17) is 5.11 Å². The predicted octanol–water partition coefficient (Wildman–Crippen LogP) is 0.712. The number of carboxylic acid groups (broad SMARTS) is 1. The van der Waals surface area contributed by atoms with Gasteiger partial charge in [-0.15, -0.1) is 0 Å². The molecule has 4 nitrogen and oxygen atoms in total. The Morgan fingerprint density at radius 1 is 1.62 bits per heavy atom. The lowest BCUT2D eigenvalue weighted by Gasteiger charge is -1.97. The van der Waals surface area contributed by atoms with E-state index in [0.29, 0.717) is 5.56 Å². The lowest BCUT2D eigenvalue weighted by molar-refractivity contribution is -0.131. The van der Waals surface area contributed by atoms with E-state index in [1.807, 2.05) is 0 Å². The summed E-state index contributed by atoms with van der Waals surface area (Å²) in [7, 11) is 0. The molecule has 0 aromatic carbocycles. The average molecular weight is 179 g/mol. The first kappa shape index (κ1) is 9.25. The Morgan fingerprint density at radius 2 is 2.31 bits per heavy atom. The molecule has 0 bridgehead atoms. The van der Waals surface area contributed by atoms with Gasteiger partial charge in [-0.05, 0) is 13.0 Å². The Morgan fingerprint density at radius 3 is 2.92 bits per heavy atom. The van der Waals surface area contributed by atoms with E-state index in [1.54, 1.807) is 19.1 Å². The number of carboxylic acids is 1. The summed E-state index contributed by atoms with van der Waals surface area (Å²) in [5, 5.41) is 8.33. The van der Waals surface area contributed by atoms with Gasteiger partial charge in [0.1, 0.15) is 0 Å². The number of aliphatic carboxylic acids is 1. The standard InChI is InChI=1S/C9H9NO3/c1-7-3-2-5-10(9(7)13)6-4-8(11)12/h2-6H,1H3,(H,11,12)/b6-4+. The number of pyridine rings is 1. The van der Waals surface area contributed by atoms with Crippen molar-refractivity contribution in [3.63, 3.8) is 0 Å². The number of nitrogens with zero attached hydrogens (tertiary/aromatic N) is 1. The monoisotopic (exact) mass is 179 g/mol. The van der Waals surface area contributed by atoms with Gasteiger partial charge in [-0.25, -0.2) is 4.79 Å². The Hall–Kier alpha value is -1.84. The fourth-order valence-electron chi connectivity index (χ4n) is 0.884. The quantitative estimate of drug-likeness (QED) is 0.680. The lowest BCUT2D eigenvalue weighted by Crippen LogP contribution is -2.16. The van der Waals surface area contributed by atoms with E-state index >= 15 is 0 Å². The minimum atomic E-state index is -1.08. The maximum Gasteiger partial charge on any atom is 0.329 e. The van der Waals surface area contributed by atoms with Crippen molar-refractivity contribution in [2.24, 2.45) is 0 Å². The third-order valence-electron chi connectivity index (χ3n) is 1.54. The highest BCUT2D eigenvalue weighted by molar-refractivity contribution is 5.82. The van der Waals surface area contributed by atoms with Gasteiger partial charge in [0.2, 0.25) is 0 Å². The Labute approximate surface area is 74.7 Å². The predicted molar refractivity (Wildman–Crippen MR) is 48.4 cm³/mol. The topological polar surface area (TPSA) is 59.3 Å². The molecule has 68 valence electrons. The van der Waals surface area contributed by atoms with Crippen molar-refractivity contribution in [1.82, 2.24) is 4.57 Å². The maximum atomic E-state index is 11.3. The average Bonchev–Trinajstić information content (AvgIpc) is 2.07. The van der Waals surface area contributed by atoms with Gasteiger partial charge in [0.15, 0.2) is 0 Å². The molecule has 1 rings (SSSR count). The number of aromatic nitrogens is 1. The van der Waals surface area contributed by atoms with Crippen LogP contribution >= 0.6 is 0 Å². The first-order valence-corrected chi connectivity index (χ1v) is 3.70. The first-order valence-electron chi connectivity index (χ1n) is 3.70. The molecule has 0 aliphatic heterocycles. The van der Waals surface area contributed by atoms with E-state index in [-0.39, 0.29) is 5.56 Å². The Bertz CT molecular complexity index is 404. The van der Waals surface area contributed by atoms with Crippen molar-refractivity contribution in [2.45, 2.75) is 6.92 Å². The van der Waals surface area contributed by atoms with Gasteiger partial charge in [-0.2, -0.15) is 0 Å². The Balaban J connectivity index is 3.10. The minimum Gasteiger partial charge on any atom is -0.478 e. The van der Waals surface area contributed by atoms with Gasteiger partial charge >= 0.3 is 5.97 Å². The number of carbonyl (C=O) groups is 1. The number of hydrogen-bond acceptors (Lipinski definition) is 2. The van der Waals surface area contributed by atoms with Crippen LogP contribution in [-0.2, 0) is 4.79 Å². The van der Waals surface area contributed by atoms with Gasteiger partial charge in [-0.1, -0.05) is 6.07 Å². The van der Waals surface area contributed by atoms with Gasteiger partial charge in [-0.3, -0.25) is 9.36 Å². The van der Waals surface area contributed by atoms with Crippen LogP contribution in [0.3, 0.4) is 0 Å². The van der Waals surface area contributed by atoms with Crippen LogP contribution in [-0.4, -0.2) is 15.6 Å². The van der Waals surface area contributed by atoms with Crippen molar-refractivity contribution >= 4 is 12.2 Å². The van der Waals surface area contributed by atoms with Crippen molar-refractivity contribution in [3.8, 4) is 0 Å². The molecule has 1 aromatic rings. The van der Waals surface area contributed by atoms with Gasteiger partial charge in [0.05, 0.1) is 0 Å². The summed E-state index contributed by atoms with van der Waals surface area (Å²) in [6.45, 7) is 1.67. The van der Waals surface area contributed by atoms with Crippen molar-refractivity contribution in [1.29, 1.82) is 0 Å². The van der Waals surface area contributed by atoms with Crippen LogP contribution in [0.2, 0.25) is 0 Å². The normalized spacial score (nSPS) is 10.5. The zero-order valence-electron chi connectivity index (χ0n) is 7.10. The summed E-state index contributed by atoms with van der Waals surface area (Å²) in [5.74, 6) is -1.08. The van der Waals surface area contributed by atoms with Crippen LogP contribution in [0, 0.1) is 6.92 Å². The molecule has 0 saturated heterocycles. The largest absolute Gasteiger partial charge is 0.478 e. The van der Waals surface area contributed by atoms with Crippen LogP contribution in [0.15, 0.2) is 29.2 Å². The second kappa shape index (κ2) is 3.71. The SMILES string of the molecule is Cc1cccn(/C=C/C(=O)O)c1=O. The highest BCUT2D eigenvalue weighted by Gasteiger charge is 1.94. The smallest absolute Gasteiger partial charge is 0.329 e. The molecule has 1 N–H and O–H groups in total. The molecule has 13 heavy (non-hydrogen) atoms. The van der Waals surface area contributed by atoms with Crippen molar-refractivity contribution in [2.75, 3.05) is 0 Å². The van der Waals surface area contributed by atoms with Crippen molar-refractivity contribution < 1.29 is 9.90 Å². The van der Waals surface area contributed by atoms with Gasteiger partial charge in [0.25, 0.3) is 5.56 Å². The zero-order chi connectivity index (χ0) is 9.84. The highest BCUT2D eigenvalue weighted by Crippen LogP contribution is 1.89. The van der Waals surface area contributed by atoms with Crippen LogP contribution in [0.25, 0.3) is 6.20 Å². The van der Waals surface area contributed by atoms with Crippen molar-refractivity contribution in [3.05, 3.63) is 40.3 Å². The summed E-state index contributed by atoms with van der Waals surface area (Å²) in [6, 6.07) is 3.36. The molecule has 0 saturated carbocycles. The zero-order valence-corrected chi connectivity index (χ0v) is 7.10. The molecule has 0 aliphatic rings. The second-order valence-corrected chi connectivity index (χ2v) is 2.56. The van der Waals surface area contributed by atoms with E-state index in [2.05, 4.69) is 0 Å². The van der Waals surface area contributed by atoms with E-state index in [9.17, 15) is 9.59 Å². The third kappa shape index (κ3) is 2.30. The summed E-state index contributed by atoms with van der Waals surface area (Å²) < 4.78 is 1.23. The van der Waals surface area contributed by atoms with Crippen LogP contribution < -0.4 is 5.56 Å². The summed E-state index contributed by atoms with van der Waals surface area (Å²) in [5.41, 5.74) is 0.373. The second-order valence-electron chi connectivity index (χ2n) is 2.56. The van der Waals surface area contributed by atoms with Crippen LogP contribution in [0.1, 0.15) is 5.56 Å². The summed E-state index contributed by atoms with van der Waals surface area (Å²) >= 11 is 0. The van der Waals surface area contributed by atoms with Crippen LogP contribution in [0.4, 0.5) is 0 Å². The molecule has 0 amide bonds. The molecule has 0 fully saturated rings. The fraction of sp³-hybridized carbons (Fsp3) is 0.111. The van der Waals surface area contributed by atoms with E-state index in [0.717, 1.165) is 6.08 Å². The van der Waals surface area contributed by atoms with Gasteiger partial charge in [0, 0.05) is 24.0 Å². The van der Waals surface area contributed by atoms with Gasteiger partial charge < -0.3 is 5.11 Å². The number of rotatable bonds is 2. The molecule has 0 atom stereocenters. The number of aryl methyl sites for hydroxylation is 1. The molecule has 4 heteroatoms.